The molecule has 0 fully saturated rings. The fourth-order valence-corrected chi connectivity index (χ4v) is 3.47. The fraction of sp³-hybridized carbons (Fsp3) is 0.389. The number of hydrogen-bond donors (Lipinski definition) is 1. The number of unbranched alkanes of at least 4 members (excludes halogenated alkanes) is 2. The second-order valence-corrected chi connectivity index (χ2v) is 6.94. The molecular weight excluding hydrogens is 340 g/mol. The molecule has 25 heavy (non-hydrogen) atoms. The summed E-state index contributed by atoms with van der Waals surface area (Å²) in [7, 11) is 3.90. The minimum atomic E-state index is -2.39. The largest absolute Gasteiger partial charge is 0.755 e. The van der Waals surface area contributed by atoms with Crippen LogP contribution in [0, 0.1) is 0 Å². The van der Waals surface area contributed by atoms with Crippen LogP contribution in [0.2, 0.25) is 0 Å². The molecule has 0 amide bonds. The van der Waals surface area contributed by atoms with Crippen molar-refractivity contribution in [1.29, 1.82) is 0 Å². The summed E-state index contributed by atoms with van der Waals surface area (Å²) < 4.78 is 24.9. The Balaban J connectivity index is 2.25. The van der Waals surface area contributed by atoms with Crippen molar-refractivity contribution in [3.8, 4) is 0 Å². The van der Waals surface area contributed by atoms with Crippen molar-refractivity contribution in [2.45, 2.75) is 25.7 Å². The van der Waals surface area contributed by atoms with Gasteiger partial charge in [-0.2, -0.15) is 0 Å². The molecule has 1 N–H and O–H groups in total. The zero-order valence-corrected chi connectivity index (χ0v) is 15.3. The van der Waals surface area contributed by atoms with Crippen molar-refractivity contribution in [2.75, 3.05) is 29.8 Å². The van der Waals surface area contributed by atoms with Crippen LogP contribution in [0.4, 0.5) is 11.4 Å². The lowest BCUT2D eigenvalue weighted by Gasteiger charge is -2.28. The molecule has 0 spiro atoms. The van der Waals surface area contributed by atoms with Gasteiger partial charge in [-0.25, -0.2) is 0 Å². The Labute approximate surface area is 150 Å². The molecule has 6 nitrogen and oxygen atoms in total. The number of anilines is 2. The Kier molecular flexibility index (Phi) is 6.78. The van der Waals surface area contributed by atoms with Crippen molar-refractivity contribution in [1.82, 2.24) is 0 Å². The Morgan fingerprint density at radius 2 is 1.64 bits per heavy atom. The number of rotatable bonds is 9. The predicted molar refractivity (Wildman–Crippen MR) is 101 cm³/mol. The van der Waals surface area contributed by atoms with Crippen molar-refractivity contribution in [3.05, 3.63) is 36.4 Å². The van der Waals surface area contributed by atoms with E-state index in [1.807, 2.05) is 49.3 Å². The molecule has 2 rings (SSSR count). The van der Waals surface area contributed by atoms with Gasteiger partial charge in [0.05, 0.1) is 5.69 Å². The first kappa shape index (κ1) is 19.2. The summed E-state index contributed by atoms with van der Waals surface area (Å²) in [5, 5.41) is 10.5. The Bertz CT molecular complexity index is 764. The van der Waals surface area contributed by atoms with E-state index in [9.17, 15) is 13.6 Å². The normalized spacial score (nSPS) is 12.1. The van der Waals surface area contributed by atoms with Crippen molar-refractivity contribution in [2.24, 2.45) is 0 Å². The average Bonchev–Trinajstić information content (AvgIpc) is 2.56. The van der Waals surface area contributed by atoms with Gasteiger partial charge in [0.2, 0.25) is 0 Å². The molecule has 0 saturated heterocycles. The molecule has 2 aromatic rings. The maximum atomic E-state index is 11.8. The lowest BCUT2D eigenvalue weighted by molar-refractivity contribution is -0.137. The zero-order valence-electron chi connectivity index (χ0n) is 14.5. The van der Waals surface area contributed by atoms with E-state index in [4.69, 9.17) is 5.11 Å². The van der Waals surface area contributed by atoms with Crippen LogP contribution in [-0.4, -0.2) is 40.5 Å². The molecule has 2 aromatic carbocycles. The number of benzene rings is 2. The van der Waals surface area contributed by atoms with E-state index in [0.29, 0.717) is 31.5 Å². The van der Waals surface area contributed by atoms with Crippen molar-refractivity contribution >= 4 is 39.4 Å². The van der Waals surface area contributed by atoms with Gasteiger partial charge in [0.1, 0.15) is 0 Å². The van der Waals surface area contributed by atoms with Crippen LogP contribution >= 0.6 is 0 Å². The highest BCUT2D eigenvalue weighted by atomic mass is 32.2. The first-order valence-electron chi connectivity index (χ1n) is 8.19. The minimum Gasteiger partial charge on any atom is -0.755 e. The topological polar surface area (TPSA) is 83.9 Å². The number of carboxylic acid groups (broad SMARTS) is 1. The third-order valence-electron chi connectivity index (χ3n) is 4.06. The number of nitrogens with zero attached hydrogens (tertiary/aromatic N) is 2. The number of carboxylic acids is 1. The summed E-state index contributed by atoms with van der Waals surface area (Å²) in [4.78, 5) is 12.5. The first-order chi connectivity index (χ1) is 11.9. The molecule has 136 valence electrons. The van der Waals surface area contributed by atoms with Crippen molar-refractivity contribution in [3.63, 3.8) is 0 Å². The number of aliphatic carboxylic acids is 1. The first-order valence-corrected chi connectivity index (χ1v) is 9.22. The Hall–Kier alpha value is -2.12. The zero-order chi connectivity index (χ0) is 18.4. The Morgan fingerprint density at radius 3 is 2.20 bits per heavy atom. The quantitative estimate of drug-likeness (QED) is 0.546. The van der Waals surface area contributed by atoms with Crippen LogP contribution < -0.4 is 9.21 Å². The fourth-order valence-electron chi connectivity index (χ4n) is 2.87. The molecule has 1 unspecified atom stereocenters. The highest BCUT2D eigenvalue weighted by Gasteiger charge is 2.13. The van der Waals surface area contributed by atoms with Gasteiger partial charge in [0.15, 0.2) is 0 Å². The molecule has 7 heteroatoms. The van der Waals surface area contributed by atoms with E-state index < -0.39 is 17.2 Å². The monoisotopic (exact) mass is 363 g/mol. The summed E-state index contributed by atoms with van der Waals surface area (Å²) in [5.74, 6) is -0.825. The van der Waals surface area contributed by atoms with Gasteiger partial charge in [-0.05, 0) is 25.0 Å². The van der Waals surface area contributed by atoms with E-state index in [2.05, 4.69) is 0 Å². The van der Waals surface area contributed by atoms with E-state index in [-0.39, 0.29) is 6.42 Å². The maximum Gasteiger partial charge on any atom is 0.303 e. The van der Waals surface area contributed by atoms with Crippen LogP contribution in [0.5, 0.6) is 0 Å². The molecule has 0 heterocycles. The van der Waals surface area contributed by atoms with E-state index in [0.717, 1.165) is 16.5 Å². The SMILES string of the molecule is CN(C)c1cccc2c(N(CCCCCC(=O)O)S(=O)[O-])cccc12. The molecule has 0 aliphatic heterocycles. The standard InChI is InChI=1S/C18H24N2O4S/c1-19(2)16-10-6-9-15-14(16)8-7-11-17(15)20(25(23)24)13-5-3-4-12-18(21)22/h6-11H,3-5,12-13H2,1-2H3,(H,21,22)(H,23,24)/p-1. The van der Waals surface area contributed by atoms with Gasteiger partial charge < -0.3 is 18.9 Å². The smallest absolute Gasteiger partial charge is 0.303 e. The lowest BCUT2D eigenvalue weighted by atomic mass is 10.1. The van der Waals surface area contributed by atoms with Crippen LogP contribution in [0.15, 0.2) is 36.4 Å². The number of carbonyl (C=O) groups is 1. The minimum absolute atomic E-state index is 0.112. The summed E-state index contributed by atoms with van der Waals surface area (Å²) in [6.07, 6.45) is 1.95. The van der Waals surface area contributed by atoms with Crippen LogP contribution in [0.3, 0.4) is 0 Å². The molecule has 0 bridgehead atoms. The summed E-state index contributed by atoms with van der Waals surface area (Å²) in [6, 6.07) is 11.5. The summed E-state index contributed by atoms with van der Waals surface area (Å²) in [6.45, 7) is 0.334. The second kappa shape index (κ2) is 8.82. The maximum absolute atomic E-state index is 11.8. The second-order valence-electron chi connectivity index (χ2n) is 6.07. The van der Waals surface area contributed by atoms with E-state index in [1.165, 1.54) is 4.31 Å². The average molecular weight is 363 g/mol. The highest BCUT2D eigenvalue weighted by Crippen LogP contribution is 2.33. The molecule has 0 aliphatic carbocycles. The molecule has 0 radical (unpaired) electrons. The lowest BCUT2D eigenvalue weighted by Crippen LogP contribution is -2.26. The van der Waals surface area contributed by atoms with Gasteiger partial charge in [-0.3, -0.25) is 9.00 Å². The van der Waals surface area contributed by atoms with Crippen LogP contribution in [0.25, 0.3) is 10.8 Å². The predicted octanol–water partition coefficient (Wildman–Crippen LogP) is 3.15. The van der Waals surface area contributed by atoms with Gasteiger partial charge in [-0.1, -0.05) is 30.7 Å². The molecule has 0 saturated carbocycles. The third-order valence-corrected chi connectivity index (χ3v) is 4.80. The molecule has 1 atom stereocenters. The van der Waals surface area contributed by atoms with Gasteiger partial charge in [0, 0.05) is 54.8 Å². The van der Waals surface area contributed by atoms with Gasteiger partial charge >= 0.3 is 5.97 Å². The molecule has 0 aromatic heterocycles. The third kappa shape index (κ3) is 4.93. The van der Waals surface area contributed by atoms with E-state index in [1.54, 1.807) is 6.07 Å². The van der Waals surface area contributed by atoms with Gasteiger partial charge in [0.25, 0.3) is 0 Å². The van der Waals surface area contributed by atoms with Crippen LogP contribution in [0.1, 0.15) is 25.7 Å². The highest BCUT2D eigenvalue weighted by molar-refractivity contribution is 7.80. The number of fused-ring (bicyclic) bond motifs is 1. The van der Waals surface area contributed by atoms with Crippen LogP contribution in [-0.2, 0) is 16.1 Å². The molecular formula is C18H23N2O4S-. The summed E-state index contributed by atoms with van der Waals surface area (Å²) in [5.41, 5.74) is 1.67. The van der Waals surface area contributed by atoms with Crippen molar-refractivity contribution < 1.29 is 18.7 Å². The number of hydrogen-bond acceptors (Lipinski definition) is 4. The Morgan fingerprint density at radius 1 is 1.04 bits per heavy atom. The summed E-state index contributed by atoms with van der Waals surface area (Å²) >= 11 is -2.39. The van der Waals surface area contributed by atoms with Gasteiger partial charge in [-0.15, -0.1) is 0 Å². The van der Waals surface area contributed by atoms with E-state index >= 15 is 0 Å². The molecule has 0 aliphatic rings.